The van der Waals surface area contributed by atoms with Gasteiger partial charge >= 0.3 is 5.97 Å². The van der Waals surface area contributed by atoms with Crippen LogP contribution in [0.2, 0.25) is 0 Å². The standard InChI is InChI=1S/C14H21N3O3/c1-2-20-14(19)11-9-10(15)6-7-12(11)17-8-4-3-5-13(16)18/h6-7,9,17H,2-5,8,15H2,1H3,(H2,16,18). The fourth-order valence-corrected chi connectivity index (χ4v) is 1.74. The second kappa shape index (κ2) is 8.04. The zero-order valence-corrected chi connectivity index (χ0v) is 11.6. The highest BCUT2D eigenvalue weighted by Crippen LogP contribution is 2.20. The van der Waals surface area contributed by atoms with Crippen molar-refractivity contribution in [1.29, 1.82) is 0 Å². The number of carbonyl (C=O) groups excluding carboxylic acids is 2. The van der Waals surface area contributed by atoms with Crippen LogP contribution in [0.15, 0.2) is 18.2 Å². The van der Waals surface area contributed by atoms with Crippen molar-refractivity contribution in [3.05, 3.63) is 23.8 Å². The topological polar surface area (TPSA) is 107 Å². The van der Waals surface area contributed by atoms with E-state index < -0.39 is 5.97 Å². The van der Waals surface area contributed by atoms with E-state index in [1.54, 1.807) is 25.1 Å². The summed E-state index contributed by atoms with van der Waals surface area (Å²) in [6.07, 6.45) is 1.87. The maximum absolute atomic E-state index is 11.8. The van der Waals surface area contributed by atoms with Crippen molar-refractivity contribution in [2.45, 2.75) is 26.2 Å². The average Bonchev–Trinajstić information content (AvgIpc) is 2.39. The molecule has 0 aromatic heterocycles. The summed E-state index contributed by atoms with van der Waals surface area (Å²) < 4.78 is 4.99. The molecule has 0 radical (unpaired) electrons. The summed E-state index contributed by atoms with van der Waals surface area (Å²) in [5.41, 5.74) is 12.4. The zero-order chi connectivity index (χ0) is 15.0. The average molecular weight is 279 g/mol. The van der Waals surface area contributed by atoms with Crippen LogP contribution in [0, 0.1) is 0 Å². The molecule has 0 saturated carbocycles. The quantitative estimate of drug-likeness (QED) is 0.380. The van der Waals surface area contributed by atoms with E-state index in [0.29, 0.717) is 42.9 Å². The Labute approximate surface area is 118 Å². The summed E-state index contributed by atoms with van der Waals surface area (Å²) in [6, 6.07) is 5.05. The van der Waals surface area contributed by atoms with Gasteiger partial charge in [-0.1, -0.05) is 0 Å². The molecule has 0 fully saturated rings. The Morgan fingerprint density at radius 1 is 1.30 bits per heavy atom. The van der Waals surface area contributed by atoms with E-state index in [0.717, 1.165) is 6.42 Å². The minimum absolute atomic E-state index is 0.301. The van der Waals surface area contributed by atoms with Gasteiger partial charge < -0.3 is 21.5 Å². The predicted molar refractivity (Wildman–Crippen MR) is 78.3 cm³/mol. The third-order valence-corrected chi connectivity index (χ3v) is 2.70. The molecule has 0 aliphatic heterocycles. The Hall–Kier alpha value is -2.24. The SMILES string of the molecule is CCOC(=O)c1cc(N)ccc1NCCCCC(N)=O. The molecule has 0 aliphatic rings. The molecule has 1 aromatic carbocycles. The lowest BCUT2D eigenvalue weighted by atomic mass is 10.1. The number of hydrogen-bond acceptors (Lipinski definition) is 5. The van der Waals surface area contributed by atoms with Crippen LogP contribution in [0.4, 0.5) is 11.4 Å². The molecule has 5 N–H and O–H groups in total. The van der Waals surface area contributed by atoms with Gasteiger partial charge in [0.05, 0.1) is 12.2 Å². The highest BCUT2D eigenvalue weighted by atomic mass is 16.5. The van der Waals surface area contributed by atoms with Crippen LogP contribution in [0.3, 0.4) is 0 Å². The molecule has 0 atom stereocenters. The van der Waals surface area contributed by atoms with Crippen molar-refractivity contribution in [2.75, 3.05) is 24.2 Å². The minimum atomic E-state index is -0.403. The van der Waals surface area contributed by atoms with Crippen molar-refractivity contribution in [3.63, 3.8) is 0 Å². The van der Waals surface area contributed by atoms with Gasteiger partial charge in [-0.25, -0.2) is 4.79 Å². The van der Waals surface area contributed by atoms with Crippen molar-refractivity contribution in [3.8, 4) is 0 Å². The molecule has 1 amide bonds. The molecule has 6 nitrogen and oxygen atoms in total. The third kappa shape index (κ3) is 5.17. The Kier molecular flexibility index (Phi) is 6.36. The molecule has 20 heavy (non-hydrogen) atoms. The first-order chi connectivity index (χ1) is 9.54. The maximum Gasteiger partial charge on any atom is 0.340 e. The maximum atomic E-state index is 11.8. The van der Waals surface area contributed by atoms with Gasteiger partial charge in [0.25, 0.3) is 0 Å². The lowest BCUT2D eigenvalue weighted by molar-refractivity contribution is -0.118. The van der Waals surface area contributed by atoms with Gasteiger partial charge in [-0.3, -0.25) is 4.79 Å². The number of benzene rings is 1. The van der Waals surface area contributed by atoms with E-state index in [1.807, 2.05) is 0 Å². The van der Waals surface area contributed by atoms with Crippen molar-refractivity contribution >= 4 is 23.3 Å². The van der Waals surface area contributed by atoms with Crippen LogP contribution in [0.5, 0.6) is 0 Å². The molecule has 0 saturated heterocycles. The molecule has 110 valence electrons. The predicted octanol–water partition coefficient (Wildman–Crippen LogP) is 1.51. The first-order valence-corrected chi connectivity index (χ1v) is 6.63. The third-order valence-electron chi connectivity index (χ3n) is 2.70. The second-order valence-corrected chi connectivity index (χ2v) is 4.38. The monoisotopic (exact) mass is 279 g/mol. The lowest BCUT2D eigenvalue weighted by Crippen LogP contribution is -2.13. The van der Waals surface area contributed by atoms with E-state index in [1.165, 1.54) is 0 Å². The van der Waals surface area contributed by atoms with Gasteiger partial charge in [0.2, 0.25) is 5.91 Å². The number of nitrogens with two attached hydrogens (primary N) is 2. The minimum Gasteiger partial charge on any atom is -0.462 e. The van der Waals surface area contributed by atoms with Gasteiger partial charge in [-0.15, -0.1) is 0 Å². The lowest BCUT2D eigenvalue weighted by Gasteiger charge is -2.12. The smallest absolute Gasteiger partial charge is 0.340 e. The molecule has 1 aromatic rings. The van der Waals surface area contributed by atoms with Gasteiger partial charge in [0.1, 0.15) is 0 Å². The highest BCUT2D eigenvalue weighted by molar-refractivity contribution is 5.96. The van der Waals surface area contributed by atoms with Crippen molar-refractivity contribution in [2.24, 2.45) is 5.73 Å². The Morgan fingerprint density at radius 2 is 2.05 bits per heavy atom. The number of esters is 1. The molecular formula is C14H21N3O3. The van der Waals surface area contributed by atoms with Crippen LogP contribution < -0.4 is 16.8 Å². The molecule has 0 bridgehead atoms. The van der Waals surface area contributed by atoms with Crippen molar-refractivity contribution in [1.82, 2.24) is 0 Å². The number of unbranched alkanes of at least 4 members (excludes halogenated alkanes) is 1. The summed E-state index contributed by atoms with van der Waals surface area (Å²) in [5, 5.41) is 3.15. The summed E-state index contributed by atoms with van der Waals surface area (Å²) in [7, 11) is 0. The fraction of sp³-hybridized carbons (Fsp3) is 0.429. The Balaban J connectivity index is 2.60. The molecule has 0 spiro atoms. The number of anilines is 2. The van der Waals surface area contributed by atoms with Crippen LogP contribution in [-0.2, 0) is 9.53 Å². The van der Waals surface area contributed by atoms with Crippen LogP contribution in [0.1, 0.15) is 36.5 Å². The summed E-state index contributed by atoms with van der Waals surface area (Å²) in [5.74, 6) is -0.705. The first-order valence-electron chi connectivity index (χ1n) is 6.63. The number of nitrogen functional groups attached to an aromatic ring is 1. The fourth-order valence-electron chi connectivity index (χ4n) is 1.74. The Morgan fingerprint density at radius 3 is 2.70 bits per heavy atom. The van der Waals surface area contributed by atoms with E-state index in [4.69, 9.17) is 16.2 Å². The molecular weight excluding hydrogens is 258 g/mol. The summed E-state index contributed by atoms with van der Waals surface area (Å²) in [4.78, 5) is 22.4. The van der Waals surface area contributed by atoms with E-state index >= 15 is 0 Å². The number of primary amides is 1. The number of hydrogen-bond donors (Lipinski definition) is 3. The van der Waals surface area contributed by atoms with E-state index in [-0.39, 0.29) is 5.91 Å². The zero-order valence-electron chi connectivity index (χ0n) is 11.6. The van der Waals surface area contributed by atoms with Gasteiger partial charge in [0, 0.05) is 24.3 Å². The summed E-state index contributed by atoms with van der Waals surface area (Å²) in [6.45, 7) is 2.70. The molecule has 0 unspecified atom stereocenters. The van der Waals surface area contributed by atoms with E-state index in [9.17, 15) is 9.59 Å². The van der Waals surface area contributed by atoms with Crippen molar-refractivity contribution < 1.29 is 14.3 Å². The van der Waals surface area contributed by atoms with E-state index in [2.05, 4.69) is 5.32 Å². The number of amides is 1. The van der Waals surface area contributed by atoms with Crippen LogP contribution in [0.25, 0.3) is 0 Å². The second-order valence-electron chi connectivity index (χ2n) is 4.38. The van der Waals surface area contributed by atoms with Gasteiger partial charge in [-0.05, 0) is 38.0 Å². The summed E-state index contributed by atoms with van der Waals surface area (Å²) >= 11 is 0. The number of ether oxygens (including phenoxy) is 1. The normalized spacial score (nSPS) is 10.1. The Bertz CT molecular complexity index is 475. The van der Waals surface area contributed by atoms with Crippen LogP contribution in [-0.4, -0.2) is 25.0 Å². The molecule has 0 aliphatic carbocycles. The van der Waals surface area contributed by atoms with Crippen LogP contribution >= 0.6 is 0 Å². The van der Waals surface area contributed by atoms with Gasteiger partial charge in [0.15, 0.2) is 0 Å². The number of carbonyl (C=O) groups is 2. The van der Waals surface area contributed by atoms with Gasteiger partial charge in [-0.2, -0.15) is 0 Å². The molecule has 1 rings (SSSR count). The number of rotatable bonds is 8. The largest absolute Gasteiger partial charge is 0.462 e. The first kappa shape index (κ1) is 15.8. The molecule has 0 heterocycles. The highest BCUT2D eigenvalue weighted by Gasteiger charge is 2.12. The molecule has 6 heteroatoms. The number of nitrogens with one attached hydrogen (secondary N) is 1.